The Bertz CT molecular complexity index is 954. The van der Waals surface area contributed by atoms with Gasteiger partial charge in [-0.05, 0) is 36.5 Å². The van der Waals surface area contributed by atoms with E-state index in [0.29, 0.717) is 28.2 Å². The summed E-state index contributed by atoms with van der Waals surface area (Å²) < 4.78 is 11.5. The lowest BCUT2D eigenvalue weighted by atomic mass is 10.2. The van der Waals surface area contributed by atoms with Gasteiger partial charge in [0, 0.05) is 12.8 Å². The first-order chi connectivity index (χ1) is 11.2. The number of nitrogens with one attached hydrogen (secondary N) is 1. The normalized spacial score (nSPS) is 17.8. The fourth-order valence-electron chi connectivity index (χ4n) is 2.78. The summed E-state index contributed by atoms with van der Waals surface area (Å²) in [7, 11) is 0. The van der Waals surface area contributed by atoms with E-state index in [9.17, 15) is 9.59 Å². The average molecular weight is 330 g/mol. The number of H-pyrrole nitrogens is 1. The van der Waals surface area contributed by atoms with Crippen molar-refractivity contribution in [2.75, 3.05) is 6.61 Å². The molecule has 1 fully saturated rings. The molecule has 3 aromatic heterocycles. The zero-order valence-electron chi connectivity index (χ0n) is 12.2. The number of aromatic amines is 1. The van der Waals surface area contributed by atoms with Crippen molar-refractivity contribution in [1.82, 2.24) is 18.9 Å². The molecule has 0 unspecified atom stereocenters. The lowest BCUT2D eigenvalue weighted by Gasteiger charge is -2.10. The number of pyridine rings is 1. The van der Waals surface area contributed by atoms with Crippen molar-refractivity contribution in [3.8, 4) is 11.4 Å². The summed E-state index contributed by atoms with van der Waals surface area (Å²) in [6.45, 7) is 0.963. The largest absolute Gasteiger partial charge is 0.376 e. The molecular formula is C15H14N4O3S. The summed E-state index contributed by atoms with van der Waals surface area (Å²) in [6, 6.07) is 5.43. The third-order valence-electron chi connectivity index (χ3n) is 3.93. The van der Waals surface area contributed by atoms with Crippen molar-refractivity contribution in [3.05, 3.63) is 45.2 Å². The maximum absolute atomic E-state index is 12.6. The highest BCUT2D eigenvalue weighted by atomic mass is 32.1. The van der Waals surface area contributed by atoms with E-state index in [4.69, 9.17) is 4.74 Å². The Morgan fingerprint density at radius 2 is 2.30 bits per heavy atom. The standard InChI is InChI=1S/C15H14N4O3S/c20-14-13-12(11(18-23-13)10-5-1-2-6-16-10)17-15(21)19(14)8-9-4-3-7-22-9/h1-2,5-6,9H,3-4,7-8H2,(H,17,21)/t9-/m1/s1. The molecule has 1 saturated heterocycles. The first-order valence-corrected chi connectivity index (χ1v) is 8.17. The molecule has 7 nitrogen and oxygen atoms in total. The quantitative estimate of drug-likeness (QED) is 0.784. The highest BCUT2D eigenvalue weighted by Crippen LogP contribution is 2.25. The minimum atomic E-state index is -0.435. The van der Waals surface area contributed by atoms with Gasteiger partial charge in [-0.3, -0.25) is 14.3 Å². The lowest BCUT2D eigenvalue weighted by molar-refractivity contribution is 0.0952. The smallest absolute Gasteiger partial charge is 0.329 e. The maximum Gasteiger partial charge on any atom is 0.329 e. The van der Waals surface area contributed by atoms with Crippen molar-refractivity contribution in [3.63, 3.8) is 0 Å². The number of rotatable bonds is 3. The molecule has 4 heterocycles. The molecule has 0 aliphatic carbocycles. The molecule has 1 N–H and O–H groups in total. The van der Waals surface area contributed by atoms with Crippen LogP contribution in [0.2, 0.25) is 0 Å². The van der Waals surface area contributed by atoms with Crippen LogP contribution >= 0.6 is 11.5 Å². The Balaban J connectivity index is 1.84. The number of hydrogen-bond acceptors (Lipinski definition) is 6. The highest BCUT2D eigenvalue weighted by molar-refractivity contribution is 7.13. The van der Waals surface area contributed by atoms with Crippen LogP contribution in [0.1, 0.15) is 12.8 Å². The van der Waals surface area contributed by atoms with Crippen LogP contribution < -0.4 is 11.2 Å². The Kier molecular flexibility index (Phi) is 3.55. The maximum atomic E-state index is 12.6. The van der Waals surface area contributed by atoms with E-state index >= 15 is 0 Å². The molecule has 118 valence electrons. The van der Waals surface area contributed by atoms with Gasteiger partial charge in [-0.15, -0.1) is 0 Å². The van der Waals surface area contributed by atoms with Crippen LogP contribution in [0.4, 0.5) is 0 Å². The second-order valence-corrected chi connectivity index (χ2v) is 6.20. The number of aromatic nitrogens is 4. The van der Waals surface area contributed by atoms with Crippen molar-refractivity contribution in [2.24, 2.45) is 0 Å². The minimum absolute atomic E-state index is 0.0746. The van der Waals surface area contributed by atoms with Crippen molar-refractivity contribution >= 4 is 21.7 Å². The zero-order chi connectivity index (χ0) is 15.8. The molecule has 1 atom stereocenters. The summed E-state index contributed by atoms with van der Waals surface area (Å²) in [6.07, 6.45) is 3.40. The molecule has 8 heteroatoms. The predicted octanol–water partition coefficient (Wildman–Crippen LogP) is 1.39. The van der Waals surface area contributed by atoms with Gasteiger partial charge in [0.25, 0.3) is 5.56 Å². The first-order valence-electron chi connectivity index (χ1n) is 7.39. The first kappa shape index (κ1) is 14.3. The van der Waals surface area contributed by atoms with Crippen molar-refractivity contribution in [1.29, 1.82) is 0 Å². The van der Waals surface area contributed by atoms with E-state index in [-0.39, 0.29) is 18.2 Å². The van der Waals surface area contributed by atoms with E-state index in [2.05, 4.69) is 14.3 Å². The molecule has 1 aliphatic rings. The Hall–Kier alpha value is -2.32. The Morgan fingerprint density at radius 3 is 3.04 bits per heavy atom. The fourth-order valence-corrected chi connectivity index (χ4v) is 3.57. The van der Waals surface area contributed by atoms with Gasteiger partial charge in [-0.2, -0.15) is 4.37 Å². The fraction of sp³-hybridized carbons (Fsp3) is 0.333. The number of nitrogens with zero attached hydrogens (tertiary/aromatic N) is 3. The summed E-state index contributed by atoms with van der Waals surface area (Å²) in [5.74, 6) is 0. The van der Waals surface area contributed by atoms with Gasteiger partial charge in [-0.25, -0.2) is 4.79 Å². The summed E-state index contributed by atoms with van der Waals surface area (Å²) in [5.41, 5.74) is 0.858. The van der Waals surface area contributed by atoms with E-state index in [0.717, 1.165) is 24.4 Å². The van der Waals surface area contributed by atoms with Crippen LogP contribution in [0.3, 0.4) is 0 Å². The SMILES string of the molecule is O=c1[nH]c2c(-c3ccccn3)nsc2c(=O)n1C[C@H]1CCCO1. The Morgan fingerprint density at radius 1 is 1.39 bits per heavy atom. The monoisotopic (exact) mass is 330 g/mol. The average Bonchev–Trinajstić information content (AvgIpc) is 3.22. The molecule has 0 amide bonds. The second-order valence-electron chi connectivity index (χ2n) is 5.43. The number of hydrogen-bond donors (Lipinski definition) is 1. The molecule has 4 rings (SSSR count). The van der Waals surface area contributed by atoms with E-state index < -0.39 is 5.69 Å². The summed E-state index contributed by atoms with van der Waals surface area (Å²) in [4.78, 5) is 32.0. The highest BCUT2D eigenvalue weighted by Gasteiger charge is 2.21. The molecular weight excluding hydrogens is 316 g/mol. The van der Waals surface area contributed by atoms with Crippen LogP contribution in [0.25, 0.3) is 21.6 Å². The minimum Gasteiger partial charge on any atom is -0.376 e. The van der Waals surface area contributed by atoms with Crippen LogP contribution in [-0.2, 0) is 11.3 Å². The molecule has 0 aromatic carbocycles. The van der Waals surface area contributed by atoms with Crippen molar-refractivity contribution < 1.29 is 4.74 Å². The van der Waals surface area contributed by atoms with Gasteiger partial charge in [0.1, 0.15) is 10.4 Å². The lowest BCUT2D eigenvalue weighted by Crippen LogP contribution is -2.37. The molecule has 0 radical (unpaired) electrons. The van der Waals surface area contributed by atoms with E-state index in [1.165, 1.54) is 4.57 Å². The third-order valence-corrected chi connectivity index (χ3v) is 4.76. The van der Waals surface area contributed by atoms with Gasteiger partial charge in [0.2, 0.25) is 0 Å². The number of fused-ring (bicyclic) bond motifs is 1. The van der Waals surface area contributed by atoms with Gasteiger partial charge >= 0.3 is 5.69 Å². The van der Waals surface area contributed by atoms with Crippen LogP contribution in [0.5, 0.6) is 0 Å². The molecule has 23 heavy (non-hydrogen) atoms. The number of ether oxygens (including phenoxy) is 1. The van der Waals surface area contributed by atoms with Gasteiger partial charge < -0.3 is 9.72 Å². The summed E-state index contributed by atoms with van der Waals surface area (Å²) >= 11 is 1.08. The van der Waals surface area contributed by atoms with Crippen LogP contribution in [0.15, 0.2) is 34.0 Å². The van der Waals surface area contributed by atoms with Crippen molar-refractivity contribution in [2.45, 2.75) is 25.5 Å². The van der Waals surface area contributed by atoms with Gasteiger partial charge in [0.15, 0.2) is 0 Å². The molecule has 0 bridgehead atoms. The van der Waals surface area contributed by atoms with Crippen LogP contribution in [-0.4, -0.2) is 31.6 Å². The predicted molar refractivity (Wildman–Crippen MR) is 86.7 cm³/mol. The molecule has 1 aliphatic heterocycles. The third kappa shape index (κ3) is 2.49. The second kappa shape index (κ2) is 5.71. The molecule has 3 aromatic rings. The molecule has 0 saturated carbocycles. The van der Waals surface area contributed by atoms with E-state index in [1.807, 2.05) is 6.07 Å². The van der Waals surface area contributed by atoms with Gasteiger partial charge in [0.05, 0.1) is 23.9 Å². The summed E-state index contributed by atoms with van der Waals surface area (Å²) in [5, 5.41) is 0. The van der Waals surface area contributed by atoms with Crippen LogP contribution in [0, 0.1) is 0 Å². The topological polar surface area (TPSA) is 89.9 Å². The van der Waals surface area contributed by atoms with Gasteiger partial charge in [-0.1, -0.05) is 6.07 Å². The molecule has 0 spiro atoms. The Labute approximate surface area is 134 Å². The van der Waals surface area contributed by atoms with E-state index in [1.54, 1.807) is 18.3 Å². The zero-order valence-corrected chi connectivity index (χ0v) is 13.0.